The molecule has 0 unspecified atom stereocenters. The number of piperazine rings is 1. The van der Waals surface area contributed by atoms with Crippen LogP contribution >= 0.6 is 0 Å². The summed E-state index contributed by atoms with van der Waals surface area (Å²) in [5.41, 5.74) is 1.08. The molecule has 1 aromatic carbocycles. The van der Waals surface area contributed by atoms with E-state index in [4.69, 9.17) is 4.74 Å². The molecule has 4 amide bonds. The minimum atomic E-state index is -1.35. The van der Waals surface area contributed by atoms with Crippen molar-refractivity contribution in [2.75, 3.05) is 32.7 Å². The van der Waals surface area contributed by atoms with Crippen LogP contribution in [0, 0.1) is 5.82 Å². The minimum Gasteiger partial charge on any atom is -0.388 e. The summed E-state index contributed by atoms with van der Waals surface area (Å²) in [5, 5.41) is 26.9. The molecule has 2 aromatic rings. The number of hydrogen-bond donors (Lipinski definition) is 4. The zero-order valence-electron chi connectivity index (χ0n) is 23.9. The van der Waals surface area contributed by atoms with E-state index in [0.717, 1.165) is 5.56 Å². The fourth-order valence-corrected chi connectivity index (χ4v) is 6.54. The molecule has 0 spiro atoms. The van der Waals surface area contributed by atoms with E-state index in [1.165, 1.54) is 29.2 Å². The molecule has 0 radical (unpaired) electrons. The molecule has 6 rings (SSSR count). The van der Waals surface area contributed by atoms with Gasteiger partial charge in [-0.05, 0) is 42.3 Å². The second-order valence-electron chi connectivity index (χ2n) is 11.8. The summed E-state index contributed by atoms with van der Waals surface area (Å²) in [7, 11) is 0. The van der Waals surface area contributed by atoms with Crippen LogP contribution in [-0.2, 0) is 25.7 Å². The number of benzene rings is 1. The first kappa shape index (κ1) is 30.1. The highest BCUT2D eigenvalue weighted by molar-refractivity contribution is 5.98. The summed E-state index contributed by atoms with van der Waals surface area (Å²) in [4.78, 5) is 63.2. The first-order chi connectivity index (χ1) is 21.2. The third-order valence-electron chi connectivity index (χ3n) is 8.83. The van der Waals surface area contributed by atoms with Crippen molar-refractivity contribution in [3.8, 4) is 0 Å². The monoisotopic (exact) mass is 610 g/mol. The Morgan fingerprint density at radius 3 is 2.55 bits per heavy atom. The molecule has 4 aliphatic rings. The van der Waals surface area contributed by atoms with Crippen LogP contribution in [0.25, 0.3) is 0 Å². The van der Waals surface area contributed by atoms with Gasteiger partial charge in [-0.2, -0.15) is 0 Å². The third-order valence-corrected chi connectivity index (χ3v) is 8.83. The van der Waals surface area contributed by atoms with Crippen molar-refractivity contribution >= 4 is 23.6 Å². The van der Waals surface area contributed by atoms with Crippen molar-refractivity contribution in [2.45, 2.75) is 61.9 Å². The number of rotatable bonds is 3. The number of halogens is 1. The zero-order chi connectivity index (χ0) is 31.0. The molecule has 6 bridgehead atoms. The third kappa shape index (κ3) is 6.15. The smallest absolute Gasteiger partial charge is 0.254 e. The van der Waals surface area contributed by atoms with Gasteiger partial charge in [0.05, 0.1) is 25.1 Å². The van der Waals surface area contributed by atoms with Crippen LogP contribution in [0.2, 0.25) is 0 Å². The highest BCUT2D eigenvalue weighted by Gasteiger charge is 2.47. The molecule has 4 fully saturated rings. The molecule has 4 saturated heterocycles. The van der Waals surface area contributed by atoms with E-state index in [-0.39, 0.29) is 56.0 Å². The van der Waals surface area contributed by atoms with Gasteiger partial charge in [0.1, 0.15) is 30.2 Å². The number of fused-ring (bicyclic) bond motifs is 6. The Morgan fingerprint density at radius 2 is 1.80 bits per heavy atom. The Bertz CT molecular complexity index is 1400. The van der Waals surface area contributed by atoms with E-state index in [1.54, 1.807) is 23.4 Å². The van der Waals surface area contributed by atoms with E-state index in [2.05, 4.69) is 15.6 Å². The molecule has 5 heterocycles. The zero-order valence-corrected chi connectivity index (χ0v) is 23.9. The van der Waals surface area contributed by atoms with Crippen LogP contribution in [0.15, 0.2) is 48.8 Å². The van der Waals surface area contributed by atoms with Crippen LogP contribution in [-0.4, -0.2) is 129 Å². The van der Waals surface area contributed by atoms with Gasteiger partial charge in [0.15, 0.2) is 0 Å². The van der Waals surface area contributed by atoms with Crippen LogP contribution < -0.4 is 10.6 Å². The molecule has 14 heteroatoms. The lowest BCUT2D eigenvalue weighted by molar-refractivity contribution is -0.141. The van der Waals surface area contributed by atoms with Crippen molar-refractivity contribution < 1.29 is 38.5 Å². The van der Waals surface area contributed by atoms with E-state index in [9.17, 15) is 33.8 Å². The van der Waals surface area contributed by atoms with Gasteiger partial charge in [0, 0.05) is 56.7 Å². The Labute approximate surface area is 253 Å². The van der Waals surface area contributed by atoms with Crippen LogP contribution in [0.3, 0.4) is 0 Å². The maximum absolute atomic E-state index is 14.1. The summed E-state index contributed by atoms with van der Waals surface area (Å²) in [6.45, 7) is 0.722. The van der Waals surface area contributed by atoms with Gasteiger partial charge in [0.2, 0.25) is 17.7 Å². The van der Waals surface area contributed by atoms with Crippen molar-refractivity contribution in [3.63, 3.8) is 0 Å². The molecule has 4 N–H and O–H groups in total. The van der Waals surface area contributed by atoms with Crippen molar-refractivity contribution in [1.82, 2.24) is 30.3 Å². The number of amides is 4. The second kappa shape index (κ2) is 12.6. The van der Waals surface area contributed by atoms with Crippen LogP contribution in [0.1, 0.15) is 28.8 Å². The number of aliphatic hydroxyl groups excluding tert-OH is 2. The van der Waals surface area contributed by atoms with E-state index >= 15 is 0 Å². The number of nitrogens with zero attached hydrogens (tertiary/aromatic N) is 4. The predicted octanol–water partition coefficient (Wildman–Crippen LogP) is -1.36. The average molecular weight is 611 g/mol. The summed E-state index contributed by atoms with van der Waals surface area (Å²) in [6, 6.07) is 6.65. The first-order valence-electron chi connectivity index (χ1n) is 14.7. The Balaban J connectivity index is 1.30. The van der Waals surface area contributed by atoms with Gasteiger partial charge in [0.25, 0.3) is 5.91 Å². The number of carbonyl (C=O) groups is 4. The summed E-state index contributed by atoms with van der Waals surface area (Å²) in [5.74, 6) is -2.17. The average Bonchev–Trinajstić information content (AvgIpc) is 3.54. The van der Waals surface area contributed by atoms with Crippen molar-refractivity contribution in [1.29, 1.82) is 0 Å². The lowest BCUT2D eigenvalue weighted by atomic mass is 10.0. The molecular formula is C30H35FN6O7. The Morgan fingerprint density at radius 1 is 1.02 bits per heavy atom. The van der Waals surface area contributed by atoms with E-state index in [0.29, 0.717) is 19.5 Å². The molecule has 0 saturated carbocycles. The van der Waals surface area contributed by atoms with E-state index in [1.807, 2.05) is 11.0 Å². The number of nitrogens with one attached hydrogen (secondary N) is 2. The molecule has 234 valence electrons. The van der Waals surface area contributed by atoms with Gasteiger partial charge < -0.3 is 35.4 Å². The minimum absolute atomic E-state index is 0.0544. The molecule has 1 aromatic heterocycles. The maximum Gasteiger partial charge on any atom is 0.254 e. The molecular weight excluding hydrogens is 575 g/mol. The first-order valence-corrected chi connectivity index (χ1v) is 14.7. The van der Waals surface area contributed by atoms with Crippen LogP contribution in [0.5, 0.6) is 0 Å². The topological polar surface area (TPSA) is 165 Å². The fraction of sp³-hybridized carbons (Fsp3) is 0.500. The summed E-state index contributed by atoms with van der Waals surface area (Å²) in [6.07, 6.45) is -1.21. The van der Waals surface area contributed by atoms with Gasteiger partial charge in [-0.15, -0.1) is 0 Å². The SMILES string of the molecule is O=C1C[C@@H]2O[C@H](CNC(=O)[C@@H]3CN(CCN3C(=O)c3ccc(F)cc3)C(=O)[C@@H]3C[C@@H](CN3Cc3cccnc3)N1)[C@@H](O)[C@H]2O. The lowest BCUT2D eigenvalue weighted by Gasteiger charge is -2.42. The summed E-state index contributed by atoms with van der Waals surface area (Å²) >= 11 is 0. The second-order valence-corrected chi connectivity index (χ2v) is 11.8. The maximum atomic E-state index is 14.1. The predicted molar refractivity (Wildman–Crippen MR) is 151 cm³/mol. The fourth-order valence-electron chi connectivity index (χ4n) is 6.54. The number of ether oxygens (including phenoxy) is 1. The summed E-state index contributed by atoms with van der Waals surface area (Å²) < 4.78 is 19.3. The molecule has 13 nitrogen and oxygen atoms in total. The molecule has 4 aliphatic heterocycles. The highest BCUT2D eigenvalue weighted by atomic mass is 19.1. The van der Waals surface area contributed by atoms with Crippen molar-refractivity contribution in [2.24, 2.45) is 0 Å². The van der Waals surface area contributed by atoms with Crippen molar-refractivity contribution in [3.05, 3.63) is 65.7 Å². The molecule has 44 heavy (non-hydrogen) atoms. The van der Waals surface area contributed by atoms with Gasteiger partial charge >= 0.3 is 0 Å². The van der Waals surface area contributed by atoms with Gasteiger partial charge in [-0.3, -0.25) is 29.1 Å². The standard InChI is InChI=1S/C30H35FN6O7/c31-19-5-3-18(4-6-19)29(42)37-9-8-35-16-22(37)28(41)33-13-24-27(40)26(39)23(44-24)11-25(38)34-20-10-21(30(35)43)36(15-20)14-17-2-1-7-32-12-17/h1-7,12,20-24,26-27,39-40H,8-11,13-16H2,(H,33,41)(H,34,38)/t20-,21-,22-,23-,24+,26-,27+/m0/s1. The lowest BCUT2D eigenvalue weighted by Crippen LogP contribution is -2.63. The number of aromatic nitrogens is 1. The highest BCUT2D eigenvalue weighted by Crippen LogP contribution is 2.27. The number of likely N-dealkylation sites (tertiary alicyclic amines) is 1. The van der Waals surface area contributed by atoms with E-state index < -0.39 is 54.1 Å². The Kier molecular flexibility index (Phi) is 8.58. The van der Waals surface area contributed by atoms with Gasteiger partial charge in [-0.25, -0.2) is 4.39 Å². The van der Waals surface area contributed by atoms with Crippen LogP contribution in [0.4, 0.5) is 4.39 Å². The quantitative estimate of drug-likeness (QED) is 0.329. The number of pyridine rings is 1. The molecule has 7 atom stereocenters. The molecule has 0 aliphatic carbocycles. The number of hydrogen-bond acceptors (Lipinski definition) is 9. The normalized spacial score (nSPS) is 31.5. The Hall–Kier alpha value is -3.98. The largest absolute Gasteiger partial charge is 0.388 e. The van der Waals surface area contributed by atoms with Gasteiger partial charge in [-0.1, -0.05) is 6.07 Å². The number of aliphatic hydroxyl groups is 2. The number of carbonyl (C=O) groups excluding carboxylic acids is 4.